The molecule has 8 nitrogen and oxygen atoms in total. The number of anilines is 1. The lowest BCUT2D eigenvalue weighted by molar-refractivity contribution is -0.115. The van der Waals surface area contributed by atoms with Crippen LogP contribution in [0.1, 0.15) is 23.6 Å². The fourth-order valence-electron chi connectivity index (χ4n) is 3.67. The first-order valence-corrected chi connectivity index (χ1v) is 12.3. The van der Waals surface area contributed by atoms with E-state index in [9.17, 15) is 13.2 Å². The number of amides is 1. The van der Waals surface area contributed by atoms with Crippen molar-refractivity contribution in [3.05, 3.63) is 59.2 Å². The molecule has 0 aliphatic heterocycles. The number of carbonyl (C=O) groups is 1. The van der Waals surface area contributed by atoms with E-state index in [-0.39, 0.29) is 10.8 Å². The molecule has 0 radical (unpaired) electrons. The quantitative estimate of drug-likeness (QED) is 0.431. The third-order valence-electron chi connectivity index (χ3n) is 5.20. The van der Waals surface area contributed by atoms with Crippen LogP contribution in [0.2, 0.25) is 0 Å². The molecule has 0 fully saturated rings. The van der Waals surface area contributed by atoms with Gasteiger partial charge in [-0.1, -0.05) is 23.4 Å². The molecule has 10 heteroatoms. The van der Waals surface area contributed by atoms with Crippen molar-refractivity contribution < 1.29 is 13.2 Å². The fraction of sp³-hybridized carbons (Fsp3) is 0.227. The van der Waals surface area contributed by atoms with Gasteiger partial charge in [-0.15, -0.1) is 10.2 Å². The Morgan fingerprint density at radius 1 is 1.06 bits per heavy atom. The van der Waals surface area contributed by atoms with Gasteiger partial charge in [0.1, 0.15) is 0 Å². The Hall–Kier alpha value is -2.95. The second-order valence-corrected chi connectivity index (χ2v) is 10.7. The fourth-order valence-corrected chi connectivity index (χ4v) is 5.05. The normalized spacial score (nSPS) is 12.9. The summed E-state index contributed by atoms with van der Waals surface area (Å²) in [5.41, 5.74) is 5.66. The molecule has 32 heavy (non-hydrogen) atoms. The van der Waals surface area contributed by atoms with Crippen LogP contribution < -0.4 is 10.5 Å². The largest absolute Gasteiger partial charge is 0.325 e. The summed E-state index contributed by atoms with van der Waals surface area (Å²) in [4.78, 5) is 12.7. The van der Waals surface area contributed by atoms with Gasteiger partial charge in [0.15, 0.2) is 10.8 Å². The van der Waals surface area contributed by atoms with E-state index in [2.05, 4.69) is 48.4 Å². The second kappa shape index (κ2) is 8.19. The van der Waals surface area contributed by atoms with Gasteiger partial charge in [0.25, 0.3) is 0 Å². The highest BCUT2D eigenvalue weighted by Crippen LogP contribution is 2.31. The SMILES string of the molecule is Cc1cc(C)c2c(c1)c(C)cc1nnc(SC(C)C(=O)Nc3ccc(S(N)(=O)=O)cc3)n12. The number of nitrogens with one attached hydrogen (secondary N) is 1. The maximum Gasteiger partial charge on any atom is 0.238 e. The van der Waals surface area contributed by atoms with Crippen LogP contribution in [0, 0.1) is 20.8 Å². The van der Waals surface area contributed by atoms with Crippen LogP contribution in [0.15, 0.2) is 52.5 Å². The molecule has 166 valence electrons. The van der Waals surface area contributed by atoms with Crippen LogP contribution in [0.5, 0.6) is 0 Å². The minimum Gasteiger partial charge on any atom is -0.325 e. The average molecular weight is 470 g/mol. The number of thioether (sulfide) groups is 1. The molecule has 0 bridgehead atoms. The number of aromatic nitrogens is 3. The van der Waals surface area contributed by atoms with Crippen molar-refractivity contribution in [3.63, 3.8) is 0 Å². The number of nitrogens with two attached hydrogens (primary N) is 1. The highest BCUT2D eigenvalue weighted by Gasteiger charge is 2.20. The summed E-state index contributed by atoms with van der Waals surface area (Å²) in [7, 11) is -3.78. The topological polar surface area (TPSA) is 119 Å². The number of fused-ring (bicyclic) bond motifs is 3. The van der Waals surface area contributed by atoms with Gasteiger partial charge in [0, 0.05) is 11.1 Å². The molecule has 2 aromatic carbocycles. The van der Waals surface area contributed by atoms with Gasteiger partial charge < -0.3 is 5.32 Å². The average Bonchev–Trinajstić information content (AvgIpc) is 3.09. The molecule has 0 saturated heterocycles. The molecule has 0 aliphatic rings. The standard InChI is InChI=1S/C22H23N5O3S2/c1-12-9-14(3)20-18(10-12)13(2)11-19-25-26-22(27(19)20)31-15(4)21(28)24-16-5-7-17(8-6-16)32(23,29)30/h5-11,15H,1-4H3,(H,24,28)(H2,23,29,30). The van der Waals surface area contributed by atoms with Crippen LogP contribution in [-0.2, 0) is 14.8 Å². The van der Waals surface area contributed by atoms with E-state index in [0.717, 1.165) is 27.7 Å². The molecular formula is C22H23N5O3S2. The first kappa shape index (κ1) is 22.3. The Balaban J connectivity index is 1.62. The molecule has 4 rings (SSSR count). The molecule has 0 spiro atoms. The van der Waals surface area contributed by atoms with Crippen LogP contribution in [0.25, 0.3) is 16.6 Å². The van der Waals surface area contributed by atoms with Crippen molar-refractivity contribution in [3.8, 4) is 0 Å². The van der Waals surface area contributed by atoms with Crippen molar-refractivity contribution in [2.45, 2.75) is 43.0 Å². The smallest absolute Gasteiger partial charge is 0.238 e. The molecule has 2 aromatic heterocycles. The van der Waals surface area contributed by atoms with E-state index < -0.39 is 15.3 Å². The van der Waals surface area contributed by atoms with E-state index in [4.69, 9.17) is 5.14 Å². The number of hydrogen-bond acceptors (Lipinski definition) is 6. The lowest BCUT2D eigenvalue weighted by atomic mass is 10.0. The van der Waals surface area contributed by atoms with Crippen LogP contribution >= 0.6 is 11.8 Å². The van der Waals surface area contributed by atoms with Crippen molar-refractivity contribution in [1.29, 1.82) is 0 Å². The van der Waals surface area contributed by atoms with Crippen molar-refractivity contribution in [2.75, 3.05) is 5.32 Å². The maximum atomic E-state index is 12.8. The summed E-state index contributed by atoms with van der Waals surface area (Å²) >= 11 is 1.31. The zero-order valence-corrected chi connectivity index (χ0v) is 19.7. The monoisotopic (exact) mass is 469 g/mol. The zero-order valence-electron chi connectivity index (χ0n) is 18.1. The molecule has 0 saturated carbocycles. The third kappa shape index (κ3) is 4.21. The first-order valence-electron chi connectivity index (χ1n) is 9.90. The predicted octanol–water partition coefficient (Wildman–Crippen LogP) is 3.57. The lowest BCUT2D eigenvalue weighted by Crippen LogP contribution is -2.22. The Labute approximate surface area is 190 Å². The molecule has 3 N–H and O–H groups in total. The number of pyridine rings is 1. The number of hydrogen-bond donors (Lipinski definition) is 2. The number of aryl methyl sites for hydroxylation is 3. The van der Waals surface area contributed by atoms with Crippen LogP contribution in [0.3, 0.4) is 0 Å². The molecule has 1 amide bonds. The van der Waals surface area contributed by atoms with Gasteiger partial charge in [0.2, 0.25) is 15.9 Å². The number of rotatable bonds is 5. The van der Waals surface area contributed by atoms with E-state index in [1.807, 2.05) is 10.5 Å². The summed E-state index contributed by atoms with van der Waals surface area (Å²) in [6.07, 6.45) is 0. The summed E-state index contributed by atoms with van der Waals surface area (Å²) in [5, 5.41) is 17.8. The molecule has 4 aromatic rings. The summed E-state index contributed by atoms with van der Waals surface area (Å²) in [6, 6.07) is 12.0. The molecule has 1 unspecified atom stereocenters. The first-order chi connectivity index (χ1) is 15.0. The zero-order chi connectivity index (χ0) is 23.2. The van der Waals surface area contributed by atoms with Gasteiger partial charge in [0.05, 0.1) is 15.7 Å². The van der Waals surface area contributed by atoms with Crippen molar-refractivity contribution in [1.82, 2.24) is 14.6 Å². The molecule has 1 atom stereocenters. The van der Waals surface area contributed by atoms with Crippen LogP contribution in [-0.4, -0.2) is 34.2 Å². The van der Waals surface area contributed by atoms with Gasteiger partial charge in [-0.2, -0.15) is 0 Å². The van der Waals surface area contributed by atoms with Gasteiger partial charge in [-0.25, -0.2) is 13.6 Å². The minimum atomic E-state index is -3.78. The predicted molar refractivity (Wildman–Crippen MR) is 126 cm³/mol. The van der Waals surface area contributed by atoms with Crippen molar-refractivity contribution >= 4 is 49.9 Å². The Morgan fingerprint density at radius 2 is 1.75 bits per heavy atom. The highest BCUT2D eigenvalue weighted by molar-refractivity contribution is 8.00. The molecule has 0 aliphatic carbocycles. The number of nitrogens with zero attached hydrogens (tertiary/aromatic N) is 3. The van der Waals surface area contributed by atoms with Crippen molar-refractivity contribution in [2.24, 2.45) is 5.14 Å². The third-order valence-corrected chi connectivity index (χ3v) is 7.17. The number of benzene rings is 2. The number of sulfonamides is 1. The van der Waals surface area contributed by atoms with E-state index in [1.165, 1.54) is 41.6 Å². The molecule has 2 heterocycles. The maximum absolute atomic E-state index is 12.8. The highest BCUT2D eigenvalue weighted by atomic mass is 32.2. The van der Waals surface area contributed by atoms with Gasteiger partial charge in [-0.05, 0) is 75.2 Å². The van der Waals surface area contributed by atoms with E-state index in [0.29, 0.717) is 10.8 Å². The minimum absolute atomic E-state index is 0.0133. The summed E-state index contributed by atoms with van der Waals surface area (Å²) < 4.78 is 24.8. The van der Waals surface area contributed by atoms with Gasteiger partial charge in [-0.3, -0.25) is 9.20 Å². The van der Waals surface area contributed by atoms with Crippen LogP contribution in [0.4, 0.5) is 5.69 Å². The summed E-state index contributed by atoms with van der Waals surface area (Å²) in [5.74, 6) is -0.237. The number of carbonyl (C=O) groups excluding carboxylic acids is 1. The van der Waals surface area contributed by atoms with E-state index >= 15 is 0 Å². The molecular weight excluding hydrogens is 446 g/mol. The van der Waals surface area contributed by atoms with Gasteiger partial charge >= 0.3 is 0 Å². The van der Waals surface area contributed by atoms with E-state index in [1.54, 1.807) is 6.92 Å². The Bertz CT molecular complexity index is 1460. The summed E-state index contributed by atoms with van der Waals surface area (Å²) in [6.45, 7) is 7.97. The lowest BCUT2D eigenvalue weighted by Gasteiger charge is -2.14. The number of primary sulfonamides is 1. The second-order valence-electron chi connectivity index (χ2n) is 7.80. The Kier molecular flexibility index (Phi) is 5.70. The Morgan fingerprint density at radius 3 is 2.41 bits per heavy atom.